The van der Waals surface area contributed by atoms with Crippen LogP contribution < -0.4 is 0 Å². The van der Waals surface area contributed by atoms with Crippen LogP contribution in [0.15, 0.2) is 46.2 Å². The number of rotatable bonds is 6. The monoisotopic (exact) mass is 356 g/mol. The molecular weight excluding hydrogens is 328 g/mol. The fourth-order valence-corrected chi connectivity index (χ4v) is 4.73. The Bertz CT molecular complexity index is 759. The van der Waals surface area contributed by atoms with E-state index in [1.165, 1.54) is 5.56 Å². The van der Waals surface area contributed by atoms with Crippen LogP contribution in [0, 0.1) is 0 Å². The van der Waals surface area contributed by atoms with E-state index >= 15 is 0 Å². The molecule has 134 valence electrons. The van der Waals surface area contributed by atoms with E-state index < -0.39 is 10.8 Å². The molecule has 2 aromatic carbocycles. The molecule has 0 heterocycles. The molecule has 0 amide bonds. The molecule has 1 atom stereocenters. The molecule has 0 aliphatic rings. The zero-order chi connectivity index (χ0) is 18.7. The minimum atomic E-state index is -1.38. The number of hydrogen-bond donors (Lipinski definition) is 0. The van der Waals surface area contributed by atoms with Gasteiger partial charge >= 0.3 is 0 Å². The van der Waals surface area contributed by atoms with Crippen molar-refractivity contribution in [3.8, 4) is 0 Å². The summed E-state index contributed by atoms with van der Waals surface area (Å²) in [6.45, 7) is 12.9. The van der Waals surface area contributed by atoms with E-state index in [2.05, 4.69) is 53.7 Å². The highest BCUT2D eigenvalue weighted by atomic mass is 32.2. The summed E-state index contributed by atoms with van der Waals surface area (Å²) in [5.41, 5.74) is 4.01. The van der Waals surface area contributed by atoms with Crippen molar-refractivity contribution in [2.45, 2.75) is 69.1 Å². The van der Waals surface area contributed by atoms with E-state index in [9.17, 15) is 9.00 Å². The van der Waals surface area contributed by atoms with Gasteiger partial charge in [0.05, 0.1) is 20.6 Å². The van der Waals surface area contributed by atoms with E-state index in [0.717, 1.165) is 22.3 Å². The van der Waals surface area contributed by atoms with Crippen molar-refractivity contribution in [1.82, 2.24) is 0 Å². The Balaban J connectivity index is 2.78. The van der Waals surface area contributed by atoms with Gasteiger partial charge in [-0.15, -0.1) is 0 Å². The van der Waals surface area contributed by atoms with Crippen molar-refractivity contribution in [3.63, 3.8) is 0 Å². The molecule has 0 aliphatic carbocycles. The van der Waals surface area contributed by atoms with Crippen molar-refractivity contribution in [2.75, 3.05) is 0 Å². The molecule has 0 N–H and O–H groups in total. The third kappa shape index (κ3) is 4.09. The van der Waals surface area contributed by atoms with E-state index in [-0.39, 0.29) is 11.8 Å². The van der Waals surface area contributed by atoms with Gasteiger partial charge in [-0.3, -0.25) is 4.79 Å². The first-order valence-corrected chi connectivity index (χ1v) is 10.1. The molecule has 25 heavy (non-hydrogen) atoms. The predicted octanol–water partition coefficient (Wildman–Crippen LogP) is 6.04. The summed E-state index contributed by atoms with van der Waals surface area (Å²) in [5, 5.41) is 0. The maximum atomic E-state index is 13.5. The largest absolute Gasteiger partial charge is 0.298 e. The molecule has 3 heteroatoms. The van der Waals surface area contributed by atoms with Crippen LogP contribution >= 0.6 is 0 Å². The van der Waals surface area contributed by atoms with Gasteiger partial charge in [-0.1, -0.05) is 71.9 Å². The van der Waals surface area contributed by atoms with Gasteiger partial charge in [0.1, 0.15) is 0 Å². The number of hydrogen-bond acceptors (Lipinski definition) is 2. The Labute approximate surface area is 154 Å². The smallest absolute Gasteiger partial charge is 0.151 e. The Kier molecular flexibility index (Phi) is 6.34. The third-order valence-corrected chi connectivity index (χ3v) is 6.12. The molecule has 0 aromatic heterocycles. The topological polar surface area (TPSA) is 34.1 Å². The van der Waals surface area contributed by atoms with Gasteiger partial charge in [0, 0.05) is 5.56 Å². The van der Waals surface area contributed by atoms with Crippen molar-refractivity contribution < 1.29 is 9.00 Å². The summed E-state index contributed by atoms with van der Waals surface area (Å²) < 4.78 is 13.5. The van der Waals surface area contributed by atoms with Crippen LogP contribution in [0.5, 0.6) is 0 Å². The Morgan fingerprint density at radius 1 is 0.840 bits per heavy atom. The van der Waals surface area contributed by atoms with Gasteiger partial charge in [-0.25, -0.2) is 4.21 Å². The van der Waals surface area contributed by atoms with Gasteiger partial charge in [-0.2, -0.15) is 0 Å². The molecular formula is C22H28O2S. The first-order chi connectivity index (χ1) is 11.8. The highest BCUT2D eigenvalue weighted by Gasteiger charge is 2.23. The van der Waals surface area contributed by atoms with Crippen LogP contribution in [0.4, 0.5) is 0 Å². The molecule has 0 bridgehead atoms. The van der Waals surface area contributed by atoms with Crippen LogP contribution in [-0.2, 0) is 10.8 Å². The second-order valence-electron chi connectivity index (χ2n) is 7.42. The first-order valence-electron chi connectivity index (χ1n) is 8.91. The zero-order valence-electron chi connectivity index (χ0n) is 16.0. The average Bonchev–Trinajstić information content (AvgIpc) is 2.59. The average molecular weight is 357 g/mol. The SMILES string of the molecule is CC(C)c1cc(C(C)C)c([S@@](=O)c2ccccc2C=O)c(C(C)C)c1. The van der Waals surface area contributed by atoms with Crippen LogP contribution in [0.25, 0.3) is 0 Å². The first kappa shape index (κ1) is 19.6. The predicted molar refractivity (Wildman–Crippen MR) is 105 cm³/mol. The highest BCUT2D eigenvalue weighted by Crippen LogP contribution is 2.36. The summed E-state index contributed by atoms with van der Waals surface area (Å²) in [6.07, 6.45) is 0.791. The molecule has 2 aromatic rings. The van der Waals surface area contributed by atoms with Gasteiger partial charge in [0.15, 0.2) is 6.29 Å². The van der Waals surface area contributed by atoms with Crippen molar-refractivity contribution in [2.24, 2.45) is 0 Å². The van der Waals surface area contributed by atoms with Gasteiger partial charge < -0.3 is 0 Å². The van der Waals surface area contributed by atoms with Gasteiger partial charge in [-0.05, 0) is 40.5 Å². The molecule has 2 nitrogen and oxygen atoms in total. The molecule has 2 rings (SSSR count). The molecule has 0 fully saturated rings. The summed E-state index contributed by atoms with van der Waals surface area (Å²) in [4.78, 5) is 12.9. The van der Waals surface area contributed by atoms with E-state index in [1.807, 2.05) is 6.07 Å². The fraction of sp³-hybridized carbons (Fsp3) is 0.409. The summed E-state index contributed by atoms with van der Waals surface area (Å²) >= 11 is 0. The van der Waals surface area contributed by atoms with Crippen molar-refractivity contribution >= 4 is 17.1 Å². The molecule has 0 unspecified atom stereocenters. The maximum Gasteiger partial charge on any atom is 0.151 e. The molecule has 0 radical (unpaired) electrons. The van der Waals surface area contributed by atoms with Crippen LogP contribution in [-0.4, -0.2) is 10.5 Å². The van der Waals surface area contributed by atoms with E-state index in [1.54, 1.807) is 18.2 Å². The number of benzene rings is 2. The van der Waals surface area contributed by atoms with Crippen molar-refractivity contribution in [1.29, 1.82) is 0 Å². The Morgan fingerprint density at radius 3 is 1.80 bits per heavy atom. The number of carbonyl (C=O) groups is 1. The number of carbonyl (C=O) groups excluding carboxylic acids is 1. The standard InChI is InChI=1S/C22H28O2S/c1-14(2)18-11-19(15(3)4)22(20(12-18)16(5)6)25(24)21-10-8-7-9-17(21)13-23/h7-16H,1-6H3/t25-/m0/s1. The van der Waals surface area contributed by atoms with Crippen LogP contribution in [0.2, 0.25) is 0 Å². The van der Waals surface area contributed by atoms with Crippen molar-refractivity contribution in [3.05, 3.63) is 58.7 Å². The summed E-state index contributed by atoms with van der Waals surface area (Å²) in [5.74, 6) is 0.942. The van der Waals surface area contributed by atoms with Crippen LogP contribution in [0.1, 0.15) is 86.3 Å². The van der Waals surface area contributed by atoms with Crippen LogP contribution in [0.3, 0.4) is 0 Å². The third-order valence-electron chi connectivity index (χ3n) is 4.51. The lowest BCUT2D eigenvalue weighted by Gasteiger charge is -2.22. The normalized spacial score (nSPS) is 12.8. The second kappa shape index (κ2) is 8.09. The fourth-order valence-electron chi connectivity index (χ4n) is 2.96. The quantitative estimate of drug-likeness (QED) is 0.592. The van der Waals surface area contributed by atoms with E-state index in [4.69, 9.17) is 0 Å². The highest BCUT2D eigenvalue weighted by molar-refractivity contribution is 7.85. The van der Waals surface area contributed by atoms with Gasteiger partial charge in [0.2, 0.25) is 0 Å². The molecule has 0 aliphatic heterocycles. The van der Waals surface area contributed by atoms with E-state index in [0.29, 0.717) is 16.4 Å². The zero-order valence-corrected chi connectivity index (χ0v) is 16.8. The Hall–Kier alpha value is -1.74. The lowest BCUT2D eigenvalue weighted by Crippen LogP contribution is -2.09. The minimum absolute atomic E-state index is 0.263. The lowest BCUT2D eigenvalue weighted by atomic mass is 9.89. The summed E-state index contributed by atoms with van der Waals surface area (Å²) in [6, 6.07) is 11.6. The maximum absolute atomic E-state index is 13.5. The van der Waals surface area contributed by atoms with Gasteiger partial charge in [0.25, 0.3) is 0 Å². The molecule has 0 spiro atoms. The second-order valence-corrected chi connectivity index (χ2v) is 8.80. The lowest BCUT2D eigenvalue weighted by molar-refractivity contribution is 0.112. The Morgan fingerprint density at radius 2 is 1.36 bits per heavy atom. The number of aldehydes is 1. The minimum Gasteiger partial charge on any atom is -0.298 e. The summed E-state index contributed by atoms with van der Waals surface area (Å²) in [7, 11) is -1.38. The molecule has 0 saturated carbocycles. The molecule has 0 saturated heterocycles.